The molecule has 2 N–H and O–H groups in total. The molecule has 0 saturated carbocycles. The van der Waals surface area contributed by atoms with Crippen molar-refractivity contribution >= 4 is 17.4 Å². The van der Waals surface area contributed by atoms with Crippen LogP contribution in [0.3, 0.4) is 0 Å². The van der Waals surface area contributed by atoms with E-state index in [2.05, 4.69) is 4.90 Å². The molecule has 5 heteroatoms. The minimum atomic E-state index is 0.603. The number of nitrogens with zero attached hydrogens (tertiary/aromatic N) is 1. The molecule has 0 unspecified atom stereocenters. The smallest absolute Gasteiger partial charge is 0.143 e. The van der Waals surface area contributed by atoms with E-state index in [0.717, 1.165) is 28.6 Å². The van der Waals surface area contributed by atoms with Crippen molar-refractivity contribution in [1.29, 1.82) is 0 Å². The average Bonchev–Trinajstić information content (AvgIpc) is 2.37. The molecule has 0 radical (unpaired) electrons. The van der Waals surface area contributed by atoms with E-state index in [9.17, 15) is 0 Å². The highest BCUT2D eigenvalue weighted by Gasteiger charge is 2.13. The zero-order chi connectivity index (χ0) is 12.8. The Morgan fingerprint density at radius 3 is 2.35 bits per heavy atom. The molecule has 0 aromatic heterocycles. The number of likely N-dealkylation sites (N-methyl/N-ethyl adjacent to an activating group) is 1. The number of hydrogen-bond acceptors (Lipinski definition) is 5. The molecule has 0 aliphatic rings. The van der Waals surface area contributed by atoms with Gasteiger partial charge < -0.3 is 20.1 Å². The van der Waals surface area contributed by atoms with Gasteiger partial charge in [-0.3, -0.25) is 0 Å². The first-order chi connectivity index (χ1) is 8.17. The van der Waals surface area contributed by atoms with Crippen molar-refractivity contribution in [3.8, 4) is 11.5 Å². The molecule has 0 aliphatic heterocycles. The molecular weight excluding hydrogens is 236 g/mol. The summed E-state index contributed by atoms with van der Waals surface area (Å²) in [6.07, 6.45) is 2.01. The summed E-state index contributed by atoms with van der Waals surface area (Å²) in [6, 6.07) is 3.98. The molecule has 1 aromatic rings. The van der Waals surface area contributed by atoms with Crippen molar-refractivity contribution in [3.63, 3.8) is 0 Å². The van der Waals surface area contributed by atoms with Gasteiger partial charge in [0, 0.05) is 26.2 Å². The molecule has 4 nitrogen and oxygen atoms in total. The summed E-state index contributed by atoms with van der Waals surface area (Å²) in [4.78, 5) is 3.13. The van der Waals surface area contributed by atoms with E-state index < -0.39 is 0 Å². The molecule has 0 saturated heterocycles. The first-order valence-electron chi connectivity index (χ1n) is 5.39. The highest BCUT2D eigenvalue weighted by Crippen LogP contribution is 2.38. The molecule has 0 amide bonds. The summed E-state index contributed by atoms with van der Waals surface area (Å²) >= 11 is 1.64. The largest absolute Gasteiger partial charge is 0.496 e. The summed E-state index contributed by atoms with van der Waals surface area (Å²) < 4.78 is 10.8. The van der Waals surface area contributed by atoms with Crippen molar-refractivity contribution in [2.75, 3.05) is 45.5 Å². The van der Waals surface area contributed by atoms with Gasteiger partial charge in [0.05, 0.1) is 24.8 Å². The first kappa shape index (κ1) is 14.0. The molecule has 0 aliphatic carbocycles. The lowest BCUT2D eigenvalue weighted by Crippen LogP contribution is -2.25. The number of hydrogen-bond donors (Lipinski definition) is 1. The summed E-state index contributed by atoms with van der Waals surface area (Å²) in [6.45, 7) is 1.38. The van der Waals surface area contributed by atoms with Gasteiger partial charge in [0.1, 0.15) is 11.5 Å². The van der Waals surface area contributed by atoms with E-state index in [4.69, 9.17) is 15.2 Å². The fourth-order valence-electron chi connectivity index (χ4n) is 1.63. The van der Waals surface area contributed by atoms with Crippen molar-refractivity contribution in [2.45, 2.75) is 4.90 Å². The lowest BCUT2D eigenvalue weighted by molar-refractivity contribution is 0.394. The van der Waals surface area contributed by atoms with Crippen molar-refractivity contribution in [1.82, 2.24) is 0 Å². The summed E-state index contributed by atoms with van der Waals surface area (Å²) in [7, 11) is 5.34. The van der Waals surface area contributed by atoms with Crippen LogP contribution in [-0.4, -0.2) is 40.6 Å². The van der Waals surface area contributed by atoms with Gasteiger partial charge in [-0.1, -0.05) is 0 Å². The average molecular weight is 256 g/mol. The number of methoxy groups -OCH3 is 2. The third-order valence-corrected chi connectivity index (χ3v) is 3.32. The molecule has 96 valence electrons. The normalized spacial score (nSPS) is 10.2. The maximum Gasteiger partial charge on any atom is 0.143 e. The van der Waals surface area contributed by atoms with Crippen LogP contribution in [0.4, 0.5) is 5.69 Å². The summed E-state index contributed by atoms with van der Waals surface area (Å²) in [5.74, 6) is 1.70. The van der Waals surface area contributed by atoms with E-state index >= 15 is 0 Å². The second kappa shape index (κ2) is 6.61. The maximum absolute atomic E-state index is 5.57. The monoisotopic (exact) mass is 256 g/mol. The summed E-state index contributed by atoms with van der Waals surface area (Å²) in [5, 5.41) is 0. The summed E-state index contributed by atoms with van der Waals surface area (Å²) in [5.41, 5.74) is 6.56. The van der Waals surface area contributed by atoms with Gasteiger partial charge in [-0.25, -0.2) is 0 Å². The maximum atomic E-state index is 5.57. The quantitative estimate of drug-likeness (QED) is 0.787. The van der Waals surface area contributed by atoms with Crippen LogP contribution in [0.5, 0.6) is 11.5 Å². The van der Waals surface area contributed by atoms with Crippen LogP contribution in [0.1, 0.15) is 0 Å². The highest BCUT2D eigenvalue weighted by atomic mass is 32.2. The van der Waals surface area contributed by atoms with Crippen LogP contribution in [0.25, 0.3) is 0 Å². The van der Waals surface area contributed by atoms with Gasteiger partial charge >= 0.3 is 0 Å². The first-order valence-corrected chi connectivity index (χ1v) is 6.61. The second-order valence-corrected chi connectivity index (χ2v) is 4.44. The fraction of sp³-hybridized carbons (Fsp3) is 0.500. The highest BCUT2D eigenvalue weighted by molar-refractivity contribution is 7.98. The van der Waals surface area contributed by atoms with E-state index in [0.29, 0.717) is 6.54 Å². The number of nitrogens with two attached hydrogens (primary N) is 1. The predicted molar refractivity (Wildman–Crippen MR) is 73.7 cm³/mol. The molecule has 0 bridgehead atoms. The number of rotatable bonds is 6. The number of thioether (sulfide) groups is 1. The predicted octanol–water partition coefficient (Wildman–Crippen LogP) is 1.82. The fourth-order valence-corrected chi connectivity index (χ4v) is 2.19. The lowest BCUT2D eigenvalue weighted by atomic mass is 10.2. The van der Waals surface area contributed by atoms with Gasteiger partial charge in [0.15, 0.2) is 0 Å². The molecule has 1 aromatic carbocycles. The van der Waals surface area contributed by atoms with E-state index in [-0.39, 0.29) is 0 Å². The van der Waals surface area contributed by atoms with Gasteiger partial charge in [0.25, 0.3) is 0 Å². The zero-order valence-corrected chi connectivity index (χ0v) is 11.6. The molecule has 17 heavy (non-hydrogen) atoms. The molecule has 0 fully saturated rings. The third kappa shape index (κ3) is 3.20. The van der Waals surface area contributed by atoms with Crippen LogP contribution >= 0.6 is 11.8 Å². The Labute approximate surface area is 107 Å². The van der Waals surface area contributed by atoms with Crippen LogP contribution < -0.4 is 20.1 Å². The Morgan fingerprint density at radius 2 is 1.88 bits per heavy atom. The third-order valence-electron chi connectivity index (χ3n) is 2.56. The topological polar surface area (TPSA) is 47.7 Å². The lowest BCUT2D eigenvalue weighted by Gasteiger charge is -2.22. The standard InChI is InChI=1S/C12H20N2O2S/c1-14(6-5-13)9-7-11(16-3)12(17-4)8-10(9)15-2/h7-8H,5-6,13H2,1-4H3. The van der Waals surface area contributed by atoms with E-state index in [1.54, 1.807) is 26.0 Å². The minimum absolute atomic E-state index is 0.603. The molecule has 0 spiro atoms. The van der Waals surface area contributed by atoms with Crippen molar-refractivity contribution < 1.29 is 9.47 Å². The number of ether oxygens (including phenoxy) is 2. The SMILES string of the molecule is COc1cc(N(C)CCN)c(OC)cc1SC. The number of anilines is 1. The van der Waals surface area contributed by atoms with Crippen molar-refractivity contribution in [3.05, 3.63) is 12.1 Å². The van der Waals surface area contributed by atoms with Crippen LogP contribution in [-0.2, 0) is 0 Å². The minimum Gasteiger partial charge on any atom is -0.496 e. The van der Waals surface area contributed by atoms with Crippen LogP contribution in [0, 0.1) is 0 Å². The van der Waals surface area contributed by atoms with Gasteiger partial charge in [-0.15, -0.1) is 11.8 Å². The Balaban J connectivity index is 3.18. The zero-order valence-electron chi connectivity index (χ0n) is 10.8. The molecule has 1 rings (SSSR count). The van der Waals surface area contributed by atoms with Crippen molar-refractivity contribution in [2.24, 2.45) is 5.73 Å². The van der Waals surface area contributed by atoms with E-state index in [1.807, 2.05) is 25.4 Å². The molecular formula is C12H20N2O2S. The van der Waals surface area contributed by atoms with Crippen LogP contribution in [0.15, 0.2) is 17.0 Å². The van der Waals surface area contributed by atoms with Gasteiger partial charge in [0.2, 0.25) is 0 Å². The molecule has 0 heterocycles. The second-order valence-electron chi connectivity index (χ2n) is 3.59. The van der Waals surface area contributed by atoms with Gasteiger partial charge in [-0.2, -0.15) is 0 Å². The number of benzene rings is 1. The van der Waals surface area contributed by atoms with Gasteiger partial charge in [-0.05, 0) is 12.3 Å². The Hall–Kier alpha value is -1.07. The Bertz CT molecular complexity index is 372. The Kier molecular flexibility index (Phi) is 5.44. The molecule has 0 atom stereocenters. The Morgan fingerprint density at radius 1 is 1.24 bits per heavy atom. The van der Waals surface area contributed by atoms with Crippen LogP contribution in [0.2, 0.25) is 0 Å². The van der Waals surface area contributed by atoms with E-state index in [1.165, 1.54) is 0 Å².